The van der Waals surface area contributed by atoms with Gasteiger partial charge in [0.2, 0.25) is 0 Å². The number of fused-ring (bicyclic) bond motifs is 1. The number of hydrogen-bond donors (Lipinski definition) is 1. The zero-order valence-corrected chi connectivity index (χ0v) is 12.9. The number of benzene rings is 2. The van der Waals surface area contributed by atoms with Crippen molar-refractivity contribution in [1.82, 2.24) is 5.32 Å². The highest BCUT2D eigenvalue weighted by Gasteiger charge is 2.27. The van der Waals surface area contributed by atoms with Crippen molar-refractivity contribution in [3.63, 3.8) is 0 Å². The van der Waals surface area contributed by atoms with Gasteiger partial charge in [-0.2, -0.15) is 0 Å². The van der Waals surface area contributed by atoms with E-state index >= 15 is 0 Å². The average Bonchev–Trinajstić information content (AvgIpc) is 2.47. The van der Waals surface area contributed by atoms with E-state index in [1.54, 1.807) is 0 Å². The summed E-state index contributed by atoms with van der Waals surface area (Å²) in [6.07, 6.45) is 2.26. The normalized spacial score (nSPS) is 21.6. The Hall–Kier alpha value is -1.02. The van der Waals surface area contributed by atoms with Crippen molar-refractivity contribution in [2.24, 2.45) is 0 Å². The molecule has 0 spiro atoms. The minimum Gasteiger partial charge on any atom is -0.313 e. The van der Waals surface area contributed by atoms with Crippen LogP contribution in [-0.2, 0) is 0 Å². The maximum absolute atomic E-state index is 6.17. The summed E-state index contributed by atoms with van der Waals surface area (Å²) in [6.45, 7) is 0. The highest BCUT2D eigenvalue weighted by molar-refractivity contribution is 6.30. The highest BCUT2D eigenvalue weighted by atomic mass is 35.5. The van der Waals surface area contributed by atoms with E-state index in [0.29, 0.717) is 12.0 Å². The molecule has 0 heterocycles. The molecule has 2 aromatic rings. The molecule has 0 radical (unpaired) electrons. The molecule has 0 unspecified atom stereocenters. The van der Waals surface area contributed by atoms with Crippen LogP contribution >= 0.6 is 23.2 Å². The second-order valence-electron chi connectivity index (χ2n) is 5.30. The van der Waals surface area contributed by atoms with E-state index in [2.05, 4.69) is 29.6 Å². The van der Waals surface area contributed by atoms with Gasteiger partial charge in [0.1, 0.15) is 0 Å². The van der Waals surface area contributed by atoms with Crippen molar-refractivity contribution in [2.75, 3.05) is 7.05 Å². The molecule has 104 valence electrons. The minimum atomic E-state index is 0.396. The summed E-state index contributed by atoms with van der Waals surface area (Å²) in [4.78, 5) is 0. The Kier molecular flexibility index (Phi) is 4.02. The summed E-state index contributed by atoms with van der Waals surface area (Å²) in [7, 11) is 2.01. The molecule has 0 fully saturated rings. The van der Waals surface area contributed by atoms with Gasteiger partial charge in [0, 0.05) is 22.0 Å². The monoisotopic (exact) mass is 305 g/mol. The van der Waals surface area contributed by atoms with Crippen LogP contribution in [0.25, 0.3) is 0 Å². The number of rotatable bonds is 2. The SMILES string of the molecule is CN[C@H]1CC[C@H](c2ccc(Cl)cc2)c2ccc(Cl)cc21. The Morgan fingerprint density at radius 3 is 2.30 bits per heavy atom. The van der Waals surface area contributed by atoms with Gasteiger partial charge < -0.3 is 5.32 Å². The molecule has 20 heavy (non-hydrogen) atoms. The van der Waals surface area contributed by atoms with E-state index in [1.807, 2.05) is 25.2 Å². The predicted octanol–water partition coefficient (Wildman–Crippen LogP) is 5.18. The standard InChI is InChI=1S/C17H17Cl2N/c1-20-17-9-8-14(11-2-4-12(18)5-3-11)15-7-6-13(19)10-16(15)17/h2-7,10,14,17,20H,8-9H2,1H3/t14-,17+/m1/s1. The van der Waals surface area contributed by atoms with Gasteiger partial charge in [0.15, 0.2) is 0 Å². The van der Waals surface area contributed by atoms with Gasteiger partial charge >= 0.3 is 0 Å². The molecular weight excluding hydrogens is 289 g/mol. The first-order chi connectivity index (χ1) is 9.69. The average molecular weight is 306 g/mol. The number of halogens is 2. The van der Waals surface area contributed by atoms with E-state index in [-0.39, 0.29) is 0 Å². The molecule has 1 aliphatic carbocycles. The van der Waals surface area contributed by atoms with Crippen molar-refractivity contribution >= 4 is 23.2 Å². The lowest BCUT2D eigenvalue weighted by Gasteiger charge is -2.32. The molecule has 0 bridgehead atoms. The van der Waals surface area contributed by atoms with Crippen molar-refractivity contribution in [2.45, 2.75) is 24.8 Å². The Balaban J connectivity index is 2.05. The molecule has 0 aliphatic heterocycles. The number of hydrogen-bond acceptors (Lipinski definition) is 1. The highest BCUT2D eigenvalue weighted by Crippen LogP contribution is 2.42. The van der Waals surface area contributed by atoms with Crippen LogP contribution in [0.3, 0.4) is 0 Å². The summed E-state index contributed by atoms with van der Waals surface area (Å²) in [5, 5.41) is 4.98. The van der Waals surface area contributed by atoms with Gasteiger partial charge in [-0.25, -0.2) is 0 Å². The lowest BCUT2D eigenvalue weighted by Crippen LogP contribution is -2.24. The zero-order valence-electron chi connectivity index (χ0n) is 11.4. The van der Waals surface area contributed by atoms with Crippen LogP contribution in [0.1, 0.15) is 41.5 Å². The van der Waals surface area contributed by atoms with E-state index in [4.69, 9.17) is 23.2 Å². The Bertz CT molecular complexity index is 607. The van der Waals surface area contributed by atoms with Crippen molar-refractivity contribution in [1.29, 1.82) is 0 Å². The maximum Gasteiger partial charge on any atom is 0.0409 e. The van der Waals surface area contributed by atoms with Crippen LogP contribution in [0.2, 0.25) is 10.0 Å². The predicted molar refractivity (Wildman–Crippen MR) is 85.8 cm³/mol. The maximum atomic E-state index is 6.17. The first-order valence-electron chi connectivity index (χ1n) is 6.91. The number of nitrogens with one attached hydrogen (secondary N) is 1. The molecule has 1 nitrogen and oxygen atoms in total. The van der Waals surface area contributed by atoms with Gasteiger partial charge in [-0.15, -0.1) is 0 Å². The van der Waals surface area contributed by atoms with Crippen LogP contribution in [0, 0.1) is 0 Å². The molecule has 0 saturated carbocycles. The molecule has 3 rings (SSSR count). The topological polar surface area (TPSA) is 12.0 Å². The van der Waals surface area contributed by atoms with E-state index in [9.17, 15) is 0 Å². The molecular formula is C17H17Cl2N. The molecule has 0 aromatic heterocycles. The Morgan fingerprint density at radius 2 is 1.60 bits per heavy atom. The van der Waals surface area contributed by atoms with Gasteiger partial charge in [-0.3, -0.25) is 0 Å². The Labute approximate surface area is 129 Å². The van der Waals surface area contributed by atoms with Crippen LogP contribution in [0.15, 0.2) is 42.5 Å². The van der Waals surface area contributed by atoms with Gasteiger partial charge in [-0.05, 0) is 60.8 Å². The third-order valence-corrected chi connectivity index (χ3v) is 4.65. The molecule has 2 atom stereocenters. The quantitative estimate of drug-likeness (QED) is 0.806. The molecule has 1 aliphatic rings. The fourth-order valence-electron chi connectivity index (χ4n) is 3.15. The molecule has 3 heteroatoms. The van der Waals surface area contributed by atoms with Crippen molar-refractivity contribution in [3.05, 3.63) is 69.2 Å². The molecule has 0 amide bonds. The third kappa shape index (κ3) is 2.58. The summed E-state index contributed by atoms with van der Waals surface area (Å²) in [5.74, 6) is 0.434. The van der Waals surface area contributed by atoms with Crippen LogP contribution < -0.4 is 5.32 Å². The summed E-state index contributed by atoms with van der Waals surface area (Å²) < 4.78 is 0. The third-order valence-electron chi connectivity index (χ3n) is 4.16. The lowest BCUT2D eigenvalue weighted by molar-refractivity contribution is 0.471. The second-order valence-corrected chi connectivity index (χ2v) is 6.17. The summed E-state index contributed by atoms with van der Waals surface area (Å²) in [6, 6.07) is 14.8. The van der Waals surface area contributed by atoms with Crippen molar-refractivity contribution < 1.29 is 0 Å². The summed E-state index contributed by atoms with van der Waals surface area (Å²) in [5.41, 5.74) is 4.03. The van der Waals surface area contributed by atoms with Gasteiger partial charge in [0.25, 0.3) is 0 Å². The second kappa shape index (κ2) is 5.77. The first kappa shape index (κ1) is 13.9. The van der Waals surface area contributed by atoms with Gasteiger partial charge in [0.05, 0.1) is 0 Å². The smallest absolute Gasteiger partial charge is 0.0409 e. The fraction of sp³-hybridized carbons (Fsp3) is 0.294. The summed E-state index contributed by atoms with van der Waals surface area (Å²) >= 11 is 12.2. The van der Waals surface area contributed by atoms with Crippen LogP contribution in [0.4, 0.5) is 0 Å². The largest absolute Gasteiger partial charge is 0.313 e. The van der Waals surface area contributed by atoms with E-state index in [1.165, 1.54) is 16.7 Å². The van der Waals surface area contributed by atoms with Crippen molar-refractivity contribution in [3.8, 4) is 0 Å². The molecule has 0 saturated heterocycles. The van der Waals surface area contributed by atoms with E-state index in [0.717, 1.165) is 22.9 Å². The van der Waals surface area contributed by atoms with Crippen LogP contribution in [0.5, 0.6) is 0 Å². The fourth-order valence-corrected chi connectivity index (χ4v) is 3.46. The first-order valence-corrected chi connectivity index (χ1v) is 7.66. The molecule has 2 aromatic carbocycles. The Morgan fingerprint density at radius 1 is 0.900 bits per heavy atom. The lowest BCUT2D eigenvalue weighted by atomic mass is 9.77. The van der Waals surface area contributed by atoms with E-state index < -0.39 is 0 Å². The zero-order chi connectivity index (χ0) is 14.1. The minimum absolute atomic E-state index is 0.396. The van der Waals surface area contributed by atoms with Crippen LogP contribution in [-0.4, -0.2) is 7.05 Å². The molecule has 1 N–H and O–H groups in total. The van der Waals surface area contributed by atoms with Gasteiger partial charge in [-0.1, -0.05) is 41.4 Å².